The molecule has 0 radical (unpaired) electrons. The lowest BCUT2D eigenvalue weighted by Crippen LogP contribution is -2.53. The molecule has 0 bridgehead atoms. The highest BCUT2D eigenvalue weighted by atomic mass is 19.1. The van der Waals surface area contributed by atoms with E-state index in [4.69, 9.17) is 0 Å². The number of hydrogen-bond donors (Lipinski definition) is 1. The van der Waals surface area contributed by atoms with Crippen molar-refractivity contribution in [2.75, 3.05) is 13.1 Å². The fourth-order valence-corrected chi connectivity index (χ4v) is 4.23. The van der Waals surface area contributed by atoms with Gasteiger partial charge < -0.3 is 14.8 Å². The molecule has 2 aromatic rings. The normalized spacial score (nSPS) is 19.3. The number of amides is 2. The molecule has 26 heavy (non-hydrogen) atoms. The number of carbonyl (C=O) groups is 2. The first-order chi connectivity index (χ1) is 12.6. The highest BCUT2D eigenvalue weighted by Crippen LogP contribution is 2.40. The molecule has 1 aromatic carbocycles. The molecule has 136 valence electrons. The van der Waals surface area contributed by atoms with Gasteiger partial charge in [-0.1, -0.05) is 12.1 Å². The van der Waals surface area contributed by atoms with Gasteiger partial charge in [0.2, 0.25) is 5.91 Å². The lowest BCUT2D eigenvalue weighted by molar-refractivity contribution is -0.133. The van der Waals surface area contributed by atoms with Crippen LogP contribution in [0.3, 0.4) is 0 Å². The molecule has 2 fully saturated rings. The molecular formula is C20H22FN3O2. The largest absolute Gasteiger partial charge is 0.367 e. The summed E-state index contributed by atoms with van der Waals surface area (Å²) >= 11 is 0. The van der Waals surface area contributed by atoms with Gasteiger partial charge in [-0.3, -0.25) is 9.59 Å². The number of H-pyrrole nitrogens is 1. The fraction of sp³-hybridized carbons (Fsp3) is 0.400. The molecule has 3 heterocycles. The van der Waals surface area contributed by atoms with Crippen molar-refractivity contribution < 1.29 is 14.0 Å². The van der Waals surface area contributed by atoms with Gasteiger partial charge in [-0.2, -0.15) is 0 Å². The highest BCUT2D eigenvalue weighted by Gasteiger charge is 2.47. The minimum atomic E-state index is -0.282. The third kappa shape index (κ3) is 3.00. The van der Waals surface area contributed by atoms with Crippen LogP contribution in [0, 0.1) is 5.82 Å². The minimum absolute atomic E-state index is 0.0297. The first kappa shape index (κ1) is 16.8. The molecule has 2 aliphatic rings. The summed E-state index contributed by atoms with van der Waals surface area (Å²) in [6.07, 6.45) is 6.33. The third-order valence-corrected chi connectivity index (χ3v) is 5.73. The Kier molecular flexibility index (Phi) is 4.26. The summed E-state index contributed by atoms with van der Waals surface area (Å²) in [6, 6.07) is 8.21. The van der Waals surface area contributed by atoms with Crippen LogP contribution in [0.2, 0.25) is 0 Å². The van der Waals surface area contributed by atoms with Crippen LogP contribution in [-0.4, -0.2) is 45.2 Å². The zero-order chi connectivity index (χ0) is 18.1. The molecular weight excluding hydrogens is 333 g/mol. The van der Waals surface area contributed by atoms with Crippen LogP contribution in [0.4, 0.5) is 4.39 Å². The number of halogens is 1. The molecule has 5 nitrogen and oxygen atoms in total. The van der Waals surface area contributed by atoms with Crippen molar-refractivity contribution in [2.45, 2.75) is 37.8 Å². The van der Waals surface area contributed by atoms with Crippen molar-refractivity contribution in [3.8, 4) is 0 Å². The van der Waals surface area contributed by atoms with Crippen LogP contribution in [0.1, 0.15) is 41.6 Å². The van der Waals surface area contributed by atoms with Crippen molar-refractivity contribution in [3.05, 3.63) is 59.7 Å². The second-order valence-electron chi connectivity index (χ2n) is 7.23. The molecule has 1 aromatic heterocycles. The molecule has 4 rings (SSSR count). The van der Waals surface area contributed by atoms with Crippen molar-refractivity contribution in [3.63, 3.8) is 0 Å². The van der Waals surface area contributed by atoms with Gasteiger partial charge in [-0.05, 0) is 43.0 Å². The Labute approximate surface area is 151 Å². The Morgan fingerprint density at radius 3 is 2.69 bits per heavy atom. The van der Waals surface area contributed by atoms with E-state index in [9.17, 15) is 14.0 Å². The topological polar surface area (TPSA) is 56.4 Å². The number of aromatic nitrogens is 1. The van der Waals surface area contributed by atoms with Crippen LogP contribution < -0.4 is 0 Å². The number of hydrogen-bond acceptors (Lipinski definition) is 2. The summed E-state index contributed by atoms with van der Waals surface area (Å²) in [5.74, 6) is -0.128. The van der Waals surface area contributed by atoms with E-state index in [1.807, 2.05) is 15.9 Å². The number of carbonyl (C=O) groups excluding carboxylic acids is 2. The van der Waals surface area contributed by atoms with E-state index in [1.165, 1.54) is 12.1 Å². The number of nitrogens with one attached hydrogen (secondary N) is 1. The van der Waals surface area contributed by atoms with Gasteiger partial charge in [0.1, 0.15) is 5.82 Å². The first-order valence-corrected chi connectivity index (χ1v) is 9.04. The molecule has 2 aliphatic heterocycles. The van der Waals surface area contributed by atoms with Gasteiger partial charge in [0, 0.05) is 44.0 Å². The molecule has 0 aliphatic carbocycles. The smallest absolute Gasteiger partial charge is 0.255 e. The van der Waals surface area contributed by atoms with Crippen LogP contribution in [0.15, 0.2) is 42.7 Å². The third-order valence-electron chi connectivity index (χ3n) is 5.73. The summed E-state index contributed by atoms with van der Waals surface area (Å²) in [5, 5.41) is 0. The fourth-order valence-electron chi connectivity index (χ4n) is 4.23. The summed E-state index contributed by atoms with van der Waals surface area (Å²) < 4.78 is 13.5. The Balaban J connectivity index is 1.47. The van der Waals surface area contributed by atoms with Crippen LogP contribution in [0.5, 0.6) is 0 Å². The van der Waals surface area contributed by atoms with Crippen molar-refractivity contribution in [1.82, 2.24) is 14.8 Å². The lowest BCUT2D eigenvalue weighted by Gasteiger charge is -2.45. The van der Waals surface area contributed by atoms with E-state index in [0.29, 0.717) is 31.6 Å². The highest BCUT2D eigenvalue weighted by molar-refractivity contribution is 5.94. The minimum Gasteiger partial charge on any atom is -0.367 e. The Hall–Kier alpha value is -2.63. The molecule has 1 spiro atoms. The Bertz CT molecular complexity index is 810. The average molecular weight is 355 g/mol. The standard InChI is InChI=1S/C20H22FN3O2/c21-17-3-1-2-15(12-17)14-24-18(25)4-6-20(24)7-10-23(11-8-20)19(26)16-5-9-22-13-16/h1-3,5,9,12-13,22H,4,6-8,10-11,14H2. The predicted octanol–water partition coefficient (Wildman–Crippen LogP) is 2.95. The summed E-state index contributed by atoms with van der Waals surface area (Å²) in [6.45, 7) is 1.70. The summed E-state index contributed by atoms with van der Waals surface area (Å²) in [7, 11) is 0. The van der Waals surface area contributed by atoms with Gasteiger partial charge in [0.15, 0.2) is 0 Å². The number of nitrogens with zero attached hydrogens (tertiary/aromatic N) is 2. The number of benzene rings is 1. The maximum absolute atomic E-state index is 13.5. The maximum atomic E-state index is 13.5. The number of piperidine rings is 1. The molecule has 2 saturated heterocycles. The zero-order valence-electron chi connectivity index (χ0n) is 14.6. The van der Waals surface area contributed by atoms with Crippen molar-refractivity contribution in [2.24, 2.45) is 0 Å². The number of likely N-dealkylation sites (tertiary alicyclic amines) is 2. The van der Waals surface area contributed by atoms with E-state index in [2.05, 4.69) is 4.98 Å². The number of rotatable bonds is 3. The van der Waals surface area contributed by atoms with Crippen LogP contribution in [-0.2, 0) is 11.3 Å². The first-order valence-electron chi connectivity index (χ1n) is 9.04. The van der Waals surface area contributed by atoms with Crippen LogP contribution >= 0.6 is 0 Å². The molecule has 0 saturated carbocycles. The molecule has 0 atom stereocenters. The molecule has 1 N–H and O–H groups in total. The van der Waals surface area contributed by atoms with Gasteiger partial charge in [0.25, 0.3) is 5.91 Å². The monoisotopic (exact) mass is 355 g/mol. The van der Waals surface area contributed by atoms with E-state index < -0.39 is 0 Å². The van der Waals surface area contributed by atoms with E-state index >= 15 is 0 Å². The van der Waals surface area contributed by atoms with Gasteiger partial charge in [-0.25, -0.2) is 4.39 Å². The zero-order valence-corrected chi connectivity index (χ0v) is 14.6. The molecule has 0 unspecified atom stereocenters. The lowest BCUT2D eigenvalue weighted by atomic mass is 9.84. The van der Waals surface area contributed by atoms with E-state index in [0.717, 1.165) is 24.8 Å². The van der Waals surface area contributed by atoms with E-state index in [-0.39, 0.29) is 23.2 Å². The van der Waals surface area contributed by atoms with Crippen LogP contribution in [0.25, 0.3) is 0 Å². The average Bonchev–Trinajstić information content (AvgIpc) is 3.27. The SMILES string of the molecule is O=C(c1cc[nH]c1)N1CCC2(CCC(=O)N2Cc2cccc(F)c2)CC1. The second kappa shape index (κ2) is 6.59. The Morgan fingerprint density at radius 1 is 1.19 bits per heavy atom. The molecule has 6 heteroatoms. The second-order valence-corrected chi connectivity index (χ2v) is 7.23. The summed E-state index contributed by atoms with van der Waals surface area (Å²) in [4.78, 5) is 31.7. The quantitative estimate of drug-likeness (QED) is 0.920. The van der Waals surface area contributed by atoms with Gasteiger partial charge >= 0.3 is 0 Å². The van der Waals surface area contributed by atoms with Gasteiger partial charge in [0.05, 0.1) is 5.56 Å². The predicted molar refractivity (Wildman–Crippen MR) is 94.8 cm³/mol. The van der Waals surface area contributed by atoms with Gasteiger partial charge in [-0.15, -0.1) is 0 Å². The van der Waals surface area contributed by atoms with Crippen molar-refractivity contribution in [1.29, 1.82) is 0 Å². The maximum Gasteiger partial charge on any atom is 0.255 e. The summed E-state index contributed by atoms with van der Waals surface area (Å²) in [5.41, 5.74) is 1.27. The van der Waals surface area contributed by atoms with E-state index in [1.54, 1.807) is 24.5 Å². The van der Waals surface area contributed by atoms with Crippen molar-refractivity contribution >= 4 is 11.8 Å². The molecule has 2 amide bonds. The Morgan fingerprint density at radius 2 is 2.00 bits per heavy atom. The number of aromatic amines is 1.